The van der Waals surface area contributed by atoms with Gasteiger partial charge in [0.2, 0.25) is 0 Å². The van der Waals surface area contributed by atoms with Crippen molar-refractivity contribution in [1.29, 1.82) is 0 Å². The maximum absolute atomic E-state index is 3.54. The van der Waals surface area contributed by atoms with E-state index in [2.05, 4.69) is 34.6 Å². The second-order valence-electron chi connectivity index (χ2n) is 4.43. The van der Waals surface area contributed by atoms with Crippen LogP contribution in [-0.2, 0) is 0 Å². The predicted molar refractivity (Wildman–Crippen MR) is 53.2 cm³/mol. The SMILES string of the molecule is C1=CC2C3CNCC(C3)CN2C=C1. The standard InChI is InChI=1S/C11H16N2/c1-2-4-13-8-9-5-10(7-12-6-9)11(13)3-1/h1-4,9-12H,5-8H2. The summed E-state index contributed by atoms with van der Waals surface area (Å²) >= 11 is 0. The Labute approximate surface area is 79.3 Å². The third-order valence-corrected chi connectivity index (χ3v) is 3.51. The summed E-state index contributed by atoms with van der Waals surface area (Å²) < 4.78 is 0. The second-order valence-corrected chi connectivity index (χ2v) is 4.43. The van der Waals surface area contributed by atoms with Crippen molar-refractivity contribution in [3.8, 4) is 0 Å². The fourth-order valence-electron chi connectivity index (χ4n) is 2.92. The number of hydrogen-bond donors (Lipinski definition) is 1. The van der Waals surface area contributed by atoms with Crippen molar-refractivity contribution in [3.05, 3.63) is 24.4 Å². The van der Waals surface area contributed by atoms with Crippen LogP contribution in [0.3, 0.4) is 0 Å². The van der Waals surface area contributed by atoms with E-state index < -0.39 is 0 Å². The molecule has 3 unspecified atom stereocenters. The van der Waals surface area contributed by atoms with Crippen LogP contribution in [0.1, 0.15) is 6.42 Å². The lowest BCUT2D eigenvalue weighted by Gasteiger charge is -2.47. The van der Waals surface area contributed by atoms with E-state index in [0.717, 1.165) is 11.8 Å². The van der Waals surface area contributed by atoms with Crippen molar-refractivity contribution < 1.29 is 0 Å². The second kappa shape index (κ2) is 2.88. The van der Waals surface area contributed by atoms with Crippen LogP contribution in [0.4, 0.5) is 0 Å². The zero-order valence-electron chi connectivity index (χ0n) is 7.82. The van der Waals surface area contributed by atoms with Crippen molar-refractivity contribution in [3.63, 3.8) is 0 Å². The Hall–Kier alpha value is -0.760. The van der Waals surface area contributed by atoms with Gasteiger partial charge in [-0.25, -0.2) is 0 Å². The van der Waals surface area contributed by atoms with E-state index in [1.165, 1.54) is 26.1 Å². The van der Waals surface area contributed by atoms with Crippen LogP contribution in [0.5, 0.6) is 0 Å². The van der Waals surface area contributed by atoms with Crippen molar-refractivity contribution in [1.82, 2.24) is 10.2 Å². The summed E-state index contributed by atoms with van der Waals surface area (Å²) in [7, 11) is 0. The Morgan fingerprint density at radius 1 is 1.23 bits per heavy atom. The Morgan fingerprint density at radius 2 is 2.23 bits per heavy atom. The van der Waals surface area contributed by atoms with Crippen molar-refractivity contribution in [2.24, 2.45) is 11.8 Å². The zero-order valence-corrected chi connectivity index (χ0v) is 7.82. The summed E-state index contributed by atoms with van der Waals surface area (Å²) in [6.07, 6.45) is 10.4. The van der Waals surface area contributed by atoms with E-state index >= 15 is 0 Å². The maximum atomic E-state index is 3.54. The number of fused-ring (bicyclic) bond motifs is 4. The van der Waals surface area contributed by atoms with E-state index in [1.54, 1.807) is 0 Å². The van der Waals surface area contributed by atoms with Gasteiger partial charge in [-0.15, -0.1) is 0 Å². The van der Waals surface area contributed by atoms with Gasteiger partial charge in [-0.1, -0.05) is 12.2 Å². The zero-order chi connectivity index (χ0) is 8.67. The molecule has 70 valence electrons. The first kappa shape index (κ1) is 7.63. The van der Waals surface area contributed by atoms with E-state index in [4.69, 9.17) is 0 Å². The third kappa shape index (κ3) is 1.20. The molecule has 0 radical (unpaired) electrons. The predicted octanol–water partition coefficient (Wildman–Crippen LogP) is 0.980. The van der Waals surface area contributed by atoms with Crippen LogP contribution >= 0.6 is 0 Å². The summed E-state index contributed by atoms with van der Waals surface area (Å²) in [5.74, 6) is 1.72. The van der Waals surface area contributed by atoms with Gasteiger partial charge in [0.1, 0.15) is 0 Å². The van der Waals surface area contributed by atoms with Gasteiger partial charge in [-0.2, -0.15) is 0 Å². The number of allylic oxidation sites excluding steroid dienone is 2. The fourth-order valence-corrected chi connectivity index (χ4v) is 2.92. The van der Waals surface area contributed by atoms with Crippen molar-refractivity contribution in [2.45, 2.75) is 12.5 Å². The molecule has 0 aliphatic carbocycles. The summed E-state index contributed by atoms with van der Waals surface area (Å²) in [4.78, 5) is 2.51. The lowest BCUT2D eigenvalue weighted by atomic mass is 9.79. The lowest BCUT2D eigenvalue weighted by Crippen LogP contribution is -2.54. The Bertz CT molecular complexity index is 257. The average molecular weight is 176 g/mol. The van der Waals surface area contributed by atoms with Gasteiger partial charge in [0, 0.05) is 13.1 Å². The minimum absolute atomic E-state index is 0.675. The highest BCUT2D eigenvalue weighted by molar-refractivity contribution is 5.17. The Balaban J connectivity index is 1.86. The molecule has 13 heavy (non-hydrogen) atoms. The minimum atomic E-state index is 0.675. The molecule has 0 spiro atoms. The highest BCUT2D eigenvalue weighted by Gasteiger charge is 2.36. The monoisotopic (exact) mass is 176 g/mol. The molecule has 3 aliphatic heterocycles. The van der Waals surface area contributed by atoms with Gasteiger partial charge in [0.05, 0.1) is 6.04 Å². The van der Waals surface area contributed by atoms with Crippen LogP contribution in [0.15, 0.2) is 24.4 Å². The van der Waals surface area contributed by atoms with Crippen LogP contribution in [0.25, 0.3) is 0 Å². The molecule has 0 aromatic heterocycles. The van der Waals surface area contributed by atoms with Crippen molar-refractivity contribution in [2.75, 3.05) is 19.6 Å². The molecule has 2 saturated heterocycles. The first-order valence-corrected chi connectivity index (χ1v) is 5.25. The molecule has 2 heteroatoms. The van der Waals surface area contributed by atoms with Crippen LogP contribution < -0.4 is 5.32 Å². The fraction of sp³-hybridized carbons (Fsp3) is 0.636. The number of piperidine rings is 2. The molecule has 3 aliphatic rings. The first-order chi connectivity index (χ1) is 6.43. The molecule has 3 atom stereocenters. The molecule has 0 amide bonds. The lowest BCUT2D eigenvalue weighted by molar-refractivity contribution is 0.0944. The van der Waals surface area contributed by atoms with Crippen LogP contribution in [-0.4, -0.2) is 30.6 Å². The summed E-state index contributed by atoms with van der Waals surface area (Å²) in [6.45, 7) is 3.67. The van der Waals surface area contributed by atoms with Gasteiger partial charge in [0.25, 0.3) is 0 Å². The van der Waals surface area contributed by atoms with Crippen molar-refractivity contribution >= 4 is 0 Å². The number of rotatable bonds is 0. The van der Waals surface area contributed by atoms with Gasteiger partial charge in [0.15, 0.2) is 0 Å². The molecule has 1 N–H and O–H groups in total. The minimum Gasteiger partial charge on any atom is -0.370 e. The van der Waals surface area contributed by atoms with Crippen LogP contribution in [0.2, 0.25) is 0 Å². The molecule has 2 nitrogen and oxygen atoms in total. The van der Waals surface area contributed by atoms with Gasteiger partial charge < -0.3 is 10.2 Å². The van der Waals surface area contributed by atoms with Gasteiger partial charge >= 0.3 is 0 Å². The summed E-state index contributed by atoms with van der Waals surface area (Å²) in [5.41, 5.74) is 0. The van der Waals surface area contributed by atoms with Crippen LogP contribution in [0, 0.1) is 11.8 Å². The molecule has 2 bridgehead atoms. The highest BCUT2D eigenvalue weighted by Crippen LogP contribution is 2.31. The van der Waals surface area contributed by atoms with E-state index in [-0.39, 0.29) is 0 Å². The summed E-state index contributed by atoms with van der Waals surface area (Å²) in [6, 6.07) is 0.675. The smallest absolute Gasteiger partial charge is 0.0511 e. The largest absolute Gasteiger partial charge is 0.370 e. The summed E-state index contributed by atoms with van der Waals surface area (Å²) in [5, 5.41) is 3.54. The molecule has 0 saturated carbocycles. The Kier molecular flexibility index (Phi) is 1.69. The molecule has 0 aromatic carbocycles. The Morgan fingerprint density at radius 3 is 3.23 bits per heavy atom. The van der Waals surface area contributed by atoms with E-state index in [9.17, 15) is 0 Å². The molecular weight excluding hydrogens is 160 g/mol. The molecule has 2 fully saturated rings. The highest BCUT2D eigenvalue weighted by atomic mass is 15.2. The normalized spacial score (nSPS) is 41.8. The van der Waals surface area contributed by atoms with E-state index in [0.29, 0.717) is 6.04 Å². The maximum Gasteiger partial charge on any atom is 0.0511 e. The topological polar surface area (TPSA) is 15.3 Å². The number of hydrogen-bond acceptors (Lipinski definition) is 2. The average Bonchev–Trinajstić information content (AvgIpc) is 2.18. The first-order valence-electron chi connectivity index (χ1n) is 5.25. The number of nitrogens with one attached hydrogen (secondary N) is 1. The van der Waals surface area contributed by atoms with Gasteiger partial charge in [-0.05, 0) is 37.1 Å². The molecular formula is C11H16N2. The number of nitrogens with zero attached hydrogens (tertiary/aromatic N) is 1. The molecule has 0 aromatic rings. The molecule has 3 heterocycles. The molecule has 3 rings (SSSR count). The quantitative estimate of drug-likeness (QED) is 0.592. The van der Waals surface area contributed by atoms with E-state index in [1.807, 2.05) is 0 Å². The third-order valence-electron chi connectivity index (χ3n) is 3.51. The van der Waals surface area contributed by atoms with Gasteiger partial charge in [-0.3, -0.25) is 0 Å².